The van der Waals surface area contributed by atoms with Gasteiger partial charge in [0.15, 0.2) is 5.76 Å². The first kappa shape index (κ1) is 19.1. The largest absolute Gasteiger partial charge is 0.507 e. The van der Waals surface area contributed by atoms with Gasteiger partial charge in [-0.2, -0.15) is 0 Å². The first-order valence-electron chi connectivity index (χ1n) is 9.68. The molecule has 0 unspecified atom stereocenters. The van der Waals surface area contributed by atoms with Gasteiger partial charge in [0, 0.05) is 18.7 Å². The molecule has 0 bridgehead atoms. The number of fused-ring (bicyclic) bond motifs is 1. The van der Waals surface area contributed by atoms with Gasteiger partial charge in [-0.3, -0.25) is 19.8 Å². The quantitative estimate of drug-likeness (QED) is 0.476. The van der Waals surface area contributed by atoms with Crippen LogP contribution in [0, 0.1) is 16.0 Å². The average molecular weight is 394 g/mol. The molecule has 2 aromatic carbocycles. The predicted molar refractivity (Wildman–Crippen MR) is 108 cm³/mol. The fourth-order valence-corrected chi connectivity index (χ4v) is 3.74. The van der Waals surface area contributed by atoms with Gasteiger partial charge in [0.25, 0.3) is 5.69 Å². The van der Waals surface area contributed by atoms with Crippen LogP contribution in [-0.4, -0.2) is 33.8 Å². The average Bonchev–Trinajstić information content (AvgIpc) is 3.02. The van der Waals surface area contributed by atoms with Gasteiger partial charge in [0.2, 0.25) is 5.78 Å². The zero-order valence-electron chi connectivity index (χ0n) is 16.1. The maximum atomic E-state index is 12.8. The summed E-state index contributed by atoms with van der Waals surface area (Å²) in [6.45, 7) is 4.67. The Kier molecular flexibility index (Phi) is 5.07. The lowest BCUT2D eigenvalue weighted by Gasteiger charge is -2.30. The summed E-state index contributed by atoms with van der Waals surface area (Å²) in [6, 6.07) is 9.01. The second kappa shape index (κ2) is 7.67. The lowest BCUT2D eigenvalue weighted by atomic mass is 9.98. The molecule has 0 aromatic heterocycles. The number of piperidine rings is 1. The van der Waals surface area contributed by atoms with E-state index < -0.39 is 4.92 Å². The molecule has 1 N–H and O–H groups in total. The lowest BCUT2D eigenvalue weighted by Crippen LogP contribution is -2.32. The summed E-state index contributed by atoms with van der Waals surface area (Å²) < 4.78 is 5.87. The summed E-state index contributed by atoms with van der Waals surface area (Å²) >= 11 is 0. The standard InChI is InChI=1S/C22H22N2O5/c1-14-8-10-23(11-9-14)13-18-19(25)7-6-17-21(26)20(29-22(17)18)12-15-2-4-16(5-3-15)24(27)28/h2-7,12,14,25H,8-11,13H2,1H3. The molecule has 0 spiro atoms. The van der Waals surface area contributed by atoms with Crippen LogP contribution in [0.5, 0.6) is 11.5 Å². The van der Waals surface area contributed by atoms with Gasteiger partial charge in [0.05, 0.1) is 16.1 Å². The van der Waals surface area contributed by atoms with E-state index in [1.165, 1.54) is 18.2 Å². The van der Waals surface area contributed by atoms with Crippen molar-refractivity contribution in [2.75, 3.05) is 13.1 Å². The zero-order valence-corrected chi connectivity index (χ0v) is 16.1. The number of hydrogen-bond acceptors (Lipinski definition) is 6. The number of likely N-dealkylation sites (tertiary alicyclic amines) is 1. The molecule has 1 saturated heterocycles. The molecule has 150 valence electrons. The molecule has 2 aliphatic heterocycles. The third-order valence-electron chi connectivity index (χ3n) is 5.58. The molecule has 0 radical (unpaired) electrons. The van der Waals surface area contributed by atoms with Gasteiger partial charge < -0.3 is 9.84 Å². The van der Waals surface area contributed by atoms with Gasteiger partial charge >= 0.3 is 0 Å². The van der Waals surface area contributed by atoms with E-state index in [9.17, 15) is 20.0 Å². The van der Waals surface area contributed by atoms with Crippen molar-refractivity contribution in [2.24, 2.45) is 5.92 Å². The number of Topliss-reactive ketones (excluding diaryl/α,β-unsaturated/α-hetero) is 1. The van der Waals surface area contributed by atoms with Crippen molar-refractivity contribution in [3.8, 4) is 11.5 Å². The van der Waals surface area contributed by atoms with Crippen molar-refractivity contribution in [1.29, 1.82) is 0 Å². The Bertz CT molecular complexity index is 989. The van der Waals surface area contributed by atoms with E-state index in [1.807, 2.05) is 0 Å². The van der Waals surface area contributed by atoms with Gasteiger partial charge in [-0.1, -0.05) is 6.92 Å². The maximum Gasteiger partial charge on any atom is 0.269 e. The Balaban J connectivity index is 1.59. The number of ether oxygens (including phenoxy) is 1. The highest BCUT2D eigenvalue weighted by Gasteiger charge is 2.32. The molecular formula is C22H22N2O5. The van der Waals surface area contributed by atoms with Crippen LogP contribution < -0.4 is 4.74 Å². The van der Waals surface area contributed by atoms with E-state index in [2.05, 4.69) is 11.8 Å². The summed E-state index contributed by atoms with van der Waals surface area (Å²) in [7, 11) is 0. The minimum Gasteiger partial charge on any atom is -0.507 e. The van der Waals surface area contributed by atoms with Crippen molar-refractivity contribution in [3.63, 3.8) is 0 Å². The highest BCUT2D eigenvalue weighted by molar-refractivity contribution is 6.15. The number of ketones is 1. The number of carbonyl (C=O) groups excluding carboxylic acids is 1. The smallest absolute Gasteiger partial charge is 0.269 e. The van der Waals surface area contributed by atoms with Crippen LogP contribution in [0.1, 0.15) is 41.3 Å². The van der Waals surface area contributed by atoms with Crippen molar-refractivity contribution in [1.82, 2.24) is 4.90 Å². The summed E-state index contributed by atoms with van der Waals surface area (Å²) in [4.78, 5) is 25.4. The van der Waals surface area contributed by atoms with E-state index in [0.717, 1.165) is 25.9 Å². The van der Waals surface area contributed by atoms with Crippen LogP contribution in [0.25, 0.3) is 6.08 Å². The lowest BCUT2D eigenvalue weighted by molar-refractivity contribution is -0.384. The minimum atomic E-state index is -0.472. The summed E-state index contributed by atoms with van der Waals surface area (Å²) in [6.07, 6.45) is 3.79. The monoisotopic (exact) mass is 394 g/mol. The summed E-state index contributed by atoms with van der Waals surface area (Å²) in [5, 5.41) is 21.2. The molecule has 2 aromatic rings. The van der Waals surface area contributed by atoms with Gasteiger partial charge in [-0.05, 0) is 67.8 Å². The van der Waals surface area contributed by atoms with E-state index in [0.29, 0.717) is 34.9 Å². The molecule has 29 heavy (non-hydrogen) atoms. The Morgan fingerprint density at radius 2 is 1.90 bits per heavy atom. The molecule has 0 amide bonds. The molecule has 2 aliphatic rings. The van der Waals surface area contributed by atoms with Crippen LogP contribution in [0.2, 0.25) is 0 Å². The van der Waals surface area contributed by atoms with Crippen molar-refractivity contribution >= 4 is 17.5 Å². The van der Waals surface area contributed by atoms with Crippen LogP contribution in [0.3, 0.4) is 0 Å². The number of benzene rings is 2. The molecule has 1 fully saturated rings. The fraction of sp³-hybridized carbons (Fsp3) is 0.318. The number of carbonyl (C=O) groups is 1. The van der Waals surface area contributed by atoms with E-state index in [4.69, 9.17) is 4.74 Å². The number of nitrogens with zero attached hydrogens (tertiary/aromatic N) is 2. The second-order valence-electron chi connectivity index (χ2n) is 7.69. The van der Waals surface area contributed by atoms with Crippen LogP contribution in [0.15, 0.2) is 42.2 Å². The molecule has 0 aliphatic carbocycles. The molecule has 7 nitrogen and oxygen atoms in total. The number of rotatable bonds is 4. The topological polar surface area (TPSA) is 92.9 Å². The molecular weight excluding hydrogens is 372 g/mol. The number of nitro groups is 1. The van der Waals surface area contributed by atoms with Crippen molar-refractivity contribution < 1.29 is 19.6 Å². The van der Waals surface area contributed by atoms with E-state index in [1.54, 1.807) is 24.3 Å². The van der Waals surface area contributed by atoms with Gasteiger partial charge in [-0.15, -0.1) is 0 Å². The van der Waals surface area contributed by atoms with Gasteiger partial charge in [-0.25, -0.2) is 0 Å². The predicted octanol–water partition coefficient (Wildman–Crippen LogP) is 4.15. The molecule has 7 heteroatoms. The second-order valence-corrected chi connectivity index (χ2v) is 7.69. The SMILES string of the molecule is CC1CCN(Cc2c(O)ccc3c2OC(=Cc2ccc([N+](=O)[O-])cc2)C3=O)CC1. The number of non-ortho nitro benzene ring substituents is 1. The van der Waals surface area contributed by atoms with Gasteiger partial charge in [0.1, 0.15) is 11.5 Å². The first-order valence-corrected chi connectivity index (χ1v) is 9.68. The zero-order chi connectivity index (χ0) is 20.5. The van der Waals surface area contributed by atoms with E-state index in [-0.39, 0.29) is 23.0 Å². The van der Waals surface area contributed by atoms with Crippen LogP contribution in [0.4, 0.5) is 5.69 Å². The van der Waals surface area contributed by atoms with Crippen LogP contribution in [-0.2, 0) is 6.54 Å². The third-order valence-corrected chi connectivity index (χ3v) is 5.58. The number of phenolic OH excluding ortho intramolecular Hbond substituents is 1. The highest BCUT2D eigenvalue weighted by atomic mass is 16.6. The fourth-order valence-electron chi connectivity index (χ4n) is 3.74. The molecule has 0 saturated carbocycles. The summed E-state index contributed by atoms with van der Waals surface area (Å²) in [5.74, 6) is 1.11. The number of hydrogen-bond donors (Lipinski definition) is 1. The molecule has 0 atom stereocenters. The maximum absolute atomic E-state index is 12.8. The Labute approximate surface area is 168 Å². The third kappa shape index (κ3) is 3.86. The Hall–Kier alpha value is -3.19. The molecule has 4 rings (SSSR count). The number of nitro benzene ring substituents is 1. The number of aromatic hydroxyl groups is 1. The molecule has 2 heterocycles. The summed E-state index contributed by atoms with van der Waals surface area (Å²) in [5.41, 5.74) is 1.66. The minimum absolute atomic E-state index is 0.0165. The Morgan fingerprint density at radius 1 is 1.21 bits per heavy atom. The van der Waals surface area contributed by atoms with Crippen molar-refractivity contribution in [2.45, 2.75) is 26.3 Å². The highest BCUT2D eigenvalue weighted by Crippen LogP contribution is 2.40. The van der Waals surface area contributed by atoms with E-state index >= 15 is 0 Å². The number of phenols is 1. The van der Waals surface area contributed by atoms with Crippen LogP contribution >= 0.6 is 0 Å². The Morgan fingerprint density at radius 3 is 2.55 bits per heavy atom. The first-order chi connectivity index (χ1) is 13.9. The van der Waals surface area contributed by atoms with Crippen molar-refractivity contribution in [3.05, 3.63) is 69.0 Å². The number of allylic oxidation sites excluding steroid dienone is 1. The normalized spacial score (nSPS) is 18.7.